The number of ether oxygens (including phenoxy) is 1. The maximum Gasteiger partial charge on any atom is 0.573 e. The Labute approximate surface area is 189 Å². The molecule has 3 heterocycles. The van der Waals surface area contributed by atoms with E-state index in [-0.39, 0.29) is 29.8 Å². The van der Waals surface area contributed by atoms with Gasteiger partial charge in [-0.3, -0.25) is 9.78 Å². The number of hydrogen-bond donors (Lipinski definition) is 1. The number of alkyl halides is 3. The second kappa shape index (κ2) is 9.07. The van der Waals surface area contributed by atoms with Crippen molar-refractivity contribution in [2.45, 2.75) is 19.5 Å². The van der Waals surface area contributed by atoms with Gasteiger partial charge in [-0.25, -0.2) is 13.9 Å². The Morgan fingerprint density at radius 1 is 1.18 bits per heavy atom. The van der Waals surface area contributed by atoms with Crippen LogP contribution in [0.25, 0.3) is 5.65 Å². The van der Waals surface area contributed by atoms with Crippen LogP contribution in [0.2, 0.25) is 0 Å². The summed E-state index contributed by atoms with van der Waals surface area (Å²) < 4.78 is 44.5. The molecule has 4 aromatic rings. The number of pyridine rings is 2. The van der Waals surface area contributed by atoms with Crippen molar-refractivity contribution in [2.24, 2.45) is 0 Å². The summed E-state index contributed by atoms with van der Waals surface area (Å²) in [5.74, 6) is -1.22. The normalized spacial score (nSPS) is 11.2. The van der Waals surface area contributed by atoms with Crippen LogP contribution in [0.5, 0.6) is 5.75 Å². The maximum absolute atomic E-state index is 12.7. The third-order valence-electron chi connectivity index (χ3n) is 4.74. The molecule has 0 atom stereocenters. The Morgan fingerprint density at radius 3 is 2.71 bits per heavy atom. The number of fused-ring (bicyclic) bond motifs is 1. The van der Waals surface area contributed by atoms with Gasteiger partial charge in [-0.05, 0) is 36.4 Å². The Kier molecular flexibility index (Phi) is 6.01. The predicted molar refractivity (Wildman–Crippen MR) is 112 cm³/mol. The molecule has 0 saturated heterocycles. The first kappa shape index (κ1) is 22.5. The van der Waals surface area contributed by atoms with E-state index in [0.717, 1.165) is 6.07 Å². The van der Waals surface area contributed by atoms with Crippen molar-refractivity contribution < 1.29 is 22.7 Å². The fourth-order valence-electron chi connectivity index (χ4n) is 3.17. The van der Waals surface area contributed by atoms with Gasteiger partial charge in [0.25, 0.3) is 5.91 Å². The highest BCUT2D eigenvalue weighted by atomic mass is 19.4. The van der Waals surface area contributed by atoms with Gasteiger partial charge in [0.15, 0.2) is 5.65 Å². The molecule has 0 unspecified atom stereocenters. The summed E-state index contributed by atoms with van der Waals surface area (Å²) in [7, 11) is 0. The van der Waals surface area contributed by atoms with E-state index in [1.54, 1.807) is 30.5 Å². The highest BCUT2D eigenvalue weighted by Crippen LogP contribution is 2.27. The summed E-state index contributed by atoms with van der Waals surface area (Å²) in [6, 6.07) is 13.4. The lowest BCUT2D eigenvalue weighted by Crippen LogP contribution is -2.26. The molecule has 34 heavy (non-hydrogen) atoms. The number of rotatable bonds is 6. The molecule has 1 amide bonds. The molecule has 0 spiro atoms. The topological polar surface area (TPSA) is 114 Å². The van der Waals surface area contributed by atoms with Crippen molar-refractivity contribution in [3.05, 3.63) is 93.8 Å². The average Bonchev–Trinajstić information content (AvgIpc) is 3.12. The molecule has 0 bridgehead atoms. The van der Waals surface area contributed by atoms with E-state index in [2.05, 4.69) is 20.1 Å². The number of aromatic nitrogens is 4. The summed E-state index contributed by atoms with van der Waals surface area (Å²) in [6.45, 7) is -0.161. The molecule has 0 aliphatic rings. The molecule has 0 fully saturated rings. The molecule has 12 heteroatoms. The molecule has 0 saturated carbocycles. The molecule has 0 radical (unpaired) electrons. The van der Waals surface area contributed by atoms with E-state index in [1.165, 1.54) is 39.5 Å². The number of nitriles is 1. The minimum Gasteiger partial charge on any atom is -0.405 e. The van der Waals surface area contributed by atoms with Crippen LogP contribution in [0, 0.1) is 11.3 Å². The maximum atomic E-state index is 12.7. The number of amides is 1. The summed E-state index contributed by atoms with van der Waals surface area (Å²) in [5.41, 5.74) is 0.547. The van der Waals surface area contributed by atoms with Crippen LogP contribution in [0.4, 0.5) is 13.2 Å². The molecule has 1 aromatic carbocycles. The molecule has 0 aliphatic heterocycles. The molecular weight excluding hydrogens is 453 g/mol. The van der Waals surface area contributed by atoms with E-state index < -0.39 is 23.7 Å². The van der Waals surface area contributed by atoms with E-state index >= 15 is 0 Å². The number of carbonyl (C=O) groups is 1. The van der Waals surface area contributed by atoms with Crippen molar-refractivity contribution in [3.8, 4) is 11.8 Å². The second-order valence-corrected chi connectivity index (χ2v) is 7.07. The standard InChI is InChI=1S/C22H15F3N6O3/c23-22(24,25)34-18-9-14(10-26)4-5-15(18)11-28-20(32)16-6-7-19-29-31(21(33)30(19)12-16)13-17-3-1-2-8-27-17/h1-9,12H,11,13H2,(H,28,32). The molecule has 1 N–H and O–H groups in total. The largest absolute Gasteiger partial charge is 0.573 e. The van der Waals surface area contributed by atoms with E-state index in [1.807, 2.05) is 0 Å². The first-order chi connectivity index (χ1) is 16.2. The van der Waals surface area contributed by atoms with Crippen LogP contribution < -0.4 is 15.7 Å². The number of carbonyl (C=O) groups excluding carboxylic acids is 1. The van der Waals surface area contributed by atoms with Gasteiger partial charge >= 0.3 is 12.1 Å². The lowest BCUT2D eigenvalue weighted by atomic mass is 10.1. The van der Waals surface area contributed by atoms with Gasteiger partial charge in [0.05, 0.1) is 29.4 Å². The van der Waals surface area contributed by atoms with Crippen LogP contribution in [0.3, 0.4) is 0 Å². The first-order valence-corrected chi connectivity index (χ1v) is 9.79. The van der Waals surface area contributed by atoms with E-state index in [4.69, 9.17) is 5.26 Å². The number of halogens is 3. The Balaban J connectivity index is 1.53. The van der Waals surface area contributed by atoms with E-state index in [9.17, 15) is 22.8 Å². The van der Waals surface area contributed by atoms with Gasteiger partial charge in [-0.2, -0.15) is 5.26 Å². The summed E-state index contributed by atoms with van der Waals surface area (Å²) in [4.78, 5) is 29.4. The fraction of sp³-hybridized carbons (Fsp3) is 0.136. The van der Waals surface area contributed by atoms with Crippen LogP contribution >= 0.6 is 0 Å². The quantitative estimate of drug-likeness (QED) is 0.465. The van der Waals surface area contributed by atoms with Crippen molar-refractivity contribution in [1.29, 1.82) is 5.26 Å². The minimum atomic E-state index is -4.96. The predicted octanol–water partition coefficient (Wildman–Crippen LogP) is 2.64. The highest BCUT2D eigenvalue weighted by molar-refractivity contribution is 5.94. The summed E-state index contributed by atoms with van der Waals surface area (Å²) >= 11 is 0. The van der Waals surface area contributed by atoms with Crippen molar-refractivity contribution >= 4 is 11.6 Å². The molecule has 172 valence electrons. The SMILES string of the molecule is N#Cc1ccc(CNC(=O)c2ccc3nn(Cc4ccccn4)c(=O)n3c2)c(OC(F)(F)F)c1. The Bertz CT molecular complexity index is 1460. The number of nitrogens with zero attached hydrogens (tertiary/aromatic N) is 5. The highest BCUT2D eigenvalue weighted by Gasteiger charge is 2.32. The van der Waals surface area contributed by atoms with Gasteiger partial charge in [-0.1, -0.05) is 12.1 Å². The number of nitrogens with one attached hydrogen (secondary N) is 1. The van der Waals surface area contributed by atoms with Gasteiger partial charge in [0.1, 0.15) is 5.75 Å². The van der Waals surface area contributed by atoms with Crippen LogP contribution in [-0.2, 0) is 13.1 Å². The van der Waals surface area contributed by atoms with E-state index in [0.29, 0.717) is 11.3 Å². The summed E-state index contributed by atoms with van der Waals surface area (Å²) in [6.07, 6.45) is -2.08. The van der Waals surface area contributed by atoms with Gasteiger partial charge in [-0.15, -0.1) is 18.3 Å². The van der Waals surface area contributed by atoms with Gasteiger partial charge < -0.3 is 10.1 Å². The lowest BCUT2D eigenvalue weighted by Gasteiger charge is -2.14. The zero-order chi connectivity index (χ0) is 24.3. The van der Waals surface area contributed by atoms with Crippen LogP contribution in [0.15, 0.2) is 65.7 Å². The molecule has 9 nitrogen and oxygen atoms in total. The third kappa shape index (κ3) is 5.04. The number of hydrogen-bond acceptors (Lipinski definition) is 6. The zero-order valence-electron chi connectivity index (χ0n) is 17.3. The first-order valence-electron chi connectivity index (χ1n) is 9.79. The van der Waals surface area contributed by atoms with Crippen LogP contribution in [-0.4, -0.2) is 31.4 Å². The monoisotopic (exact) mass is 468 g/mol. The average molecular weight is 468 g/mol. The van der Waals surface area contributed by atoms with Gasteiger partial charge in [0.2, 0.25) is 0 Å². The lowest BCUT2D eigenvalue weighted by molar-refractivity contribution is -0.274. The molecule has 4 rings (SSSR count). The Hall–Kier alpha value is -4.66. The third-order valence-corrected chi connectivity index (χ3v) is 4.74. The second-order valence-electron chi connectivity index (χ2n) is 7.07. The van der Waals surface area contributed by atoms with Crippen LogP contribution in [0.1, 0.15) is 27.2 Å². The minimum absolute atomic E-state index is 0.0195. The van der Waals surface area contributed by atoms with Gasteiger partial charge in [0, 0.05) is 24.5 Å². The Morgan fingerprint density at radius 2 is 2.00 bits per heavy atom. The smallest absolute Gasteiger partial charge is 0.405 e. The zero-order valence-corrected chi connectivity index (χ0v) is 17.3. The number of benzene rings is 1. The van der Waals surface area contributed by atoms with Crippen molar-refractivity contribution in [2.75, 3.05) is 0 Å². The summed E-state index contributed by atoms with van der Waals surface area (Å²) in [5, 5.41) is 15.6. The molecular formula is C22H15F3N6O3. The molecule has 3 aromatic heterocycles. The van der Waals surface area contributed by atoms with Crippen molar-refractivity contribution in [3.63, 3.8) is 0 Å². The molecule has 0 aliphatic carbocycles. The fourth-order valence-corrected chi connectivity index (χ4v) is 3.17. The van der Waals surface area contributed by atoms with Crippen molar-refractivity contribution in [1.82, 2.24) is 24.5 Å².